The normalized spacial score (nSPS) is 22.8. The zero-order valence-electron chi connectivity index (χ0n) is 17.9. The van der Waals surface area contributed by atoms with Crippen LogP contribution in [0.3, 0.4) is 0 Å². The minimum atomic E-state index is -2.57. The lowest BCUT2D eigenvalue weighted by Crippen LogP contribution is -2.45. The predicted molar refractivity (Wildman–Crippen MR) is 112 cm³/mol. The van der Waals surface area contributed by atoms with Crippen LogP contribution in [0.2, 0.25) is 0 Å². The summed E-state index contributed by atoms with van der Waals surface area (Å²) in [6.45, 7) is 10.5. The highest BCUT2D eigenvalue weighted by Gasteiger charge is 2.27. The van der Waals surface area contributed by atoms with Crippen molar-refractivity contribution in [3.63, 3.8) is 0 Å². The fourth-order valence-corrected chi connectivity index (χ4v) is 4.78. The summed E-state index contributed by atoms with van der Waals surface area (Å²) in [6.07, 6.45) is 8.34. The summed E-state index contributed by atoms with van der Waals surface area (Å²) in [5.41, 5.74) is 0. The Morgan fingerprint density at radius 1 is 0.750 bits per heavy atom. The van der Waals surface area contributed by atoms with Gasteiger partial charge in [-0.05, 0) is 25.7 Å². The number of rotatable bonds is 14. The molecule has 0 spiro atoms. The smallest absolute Gasteiger partial charge is 0.322 e. The van der Waals surface area contributed by atoms with Gasteiger partial charge in [-0.2, -0.15) is 0 Å². The van der Waals surface area contributed by atoms with E-state index in [1.165, 1.54) is 12.8 Å². The van der Waals surface area contributed by atoms with Crippen molar-refractivity contribution in [1.82, 2.24) is 9.80 Å². The van der Waals surface area contributed by atoms with Gasteiger partial charge in [0, 0.05) is 26.2 Å². The van der Waals surface area contributed by atoms with Crippen molar-refractivity contribution in [3.05, 3.63) is 0 Å². The molecule has 0 aromatic heterocycles. The molecule has 2 fully saturated rings. The molecule has 0 aliphatic carbocycles. The van der Waals surface area contributed by atoms with E-state index in [1.807, 2.05) is 0 Å². The van der Waals surface area contributed by atoms with Crippen molar-refractivity contribution in [2.24, 2.45) is 0 Å². The minimum Gasteiger partial charge on any atom is -0.379 e. The van der Waals surface area contributed by atoms with Crippen molar-refractivity contribution in [2.45, 2.75) is 77.7 Å². The molecule has 0 N–H and O–H groups in total. The molecule has 0 saturated carbocycles. The van der Waals surface area contributed by atoms with E-state index in [9.17, 15) is 4.57 Å². The summed E-state index contributed by atoms with van der Waals surface area (Å²) < 4.78 is 35.8. The Hall–Kier alpha value is -0.0100. The molecule has 8 heteroatoms. The van der Waals surface area contributed by atoms with Gasteiger partial charge in [0.05, 0.1) is 26.4 Å². The van der Waals surface area contributed by atoms with Gasteiger partial charge in [-0.3, -0.25) is 23.4 Å². The molecule has 166 valence electrons. The second kappa shape index (κ2) is 14.9. The molecule has 28 heavy (non-hydrogen) atoms. The molecule has 2 unspecified atom stereocenters. The van der Waals surface area contributed by atoms with Crippen LogP contribution in [0.5, 0.6) is 0 Å². The molecule has 0 radical (unpaired) electrons. The summed E-state index contributed by atoms with van der Waals surface area (Å²) in [5.74, 6) is 0. The highest BCUT2D eigenvalue weighted by molar-refractivity contribution is 7.33. The predicted octanol–water partition coefficient (Wildman–Crippen LogP) is 3.89. The zero-order chi connectivity index (χ0) is 20.0. The van der Waals surface area contributed by atoms with E-state index in [1.54, 1.807) is 0 Å². The van der Waals surface area contributed by atoms with E-state index in [2.05, 4.69) is 23.6 Å². The van der Waals surface area contributed by atoms with Crippen LogP contribution in [-0.4, -0.2) is 74.9 Å². The maximum atomic E-state index is 12.8. The Morgan fingerprint density at radius 2 is 1.14 bits per heavy atom. The number of hydrogen-bond donors (Lipinski definition) is 0. The molecule has 2 aliphatic rings. The number of nitrogens with zero attached hydrogens (tertiary/aromatic N) is 2. The van der Waals surface area contributed by atoms with Crippen molar-refractivity contribution in [3.8, 4) is 0 Å². The van der Waals surface area contributed by atoms with Crippen LogP contribution >= 0.6 is 8.25 Å². The third-order valence-corrected chi connectivity index (χ3v) is 6.41. The van der Waals surface area contributed by atoms with Crippen LogP contribution in [-0.2, 0) is 23.1 Å². The van der Waals surface area contributed by atoms with Crippen LogP contribution < -0.4 is 0 Å². The zero-order valence-corrected chi connectivity index (χ0v) is 18.9. The van der Waals surface area contributed by atoms with Crippen LogP contribution in [0.4, 0.5) is 0 Å². The molecule has 0 bridgehead atoms. The van der Waals surface area contributed by atoms with Gasteiger partial charge in [0.15, 0.2) is 0 Å². The molecule has 0 aromatic rings. The Morgan fingerprint density at radius 3 is 1.50 bits per heavy atom. The fourth-order valence-electron chi connectivity index (χ4n) is 3.75. The van der Waals surface area contributed by atoms with Gasteiger partial charge in [-0.15, -0.1) is 0 Å². The third-order valence-electron chi connectivity index (χ3n) is 5.48. The van der Waals surface area contributed by atoms with Gasteiger partial charge in [0.1, 0.15) is 12.5 Å². The molecule has 2 aliphatic heterocycles. The third kappa shape index (κ3) is 9.21. The summed E-state index contributed by atoms with van der Waals surface area (Å²) in [5, 5.41) is 0. The van der Waals surface area contributed by atoms with E-state index in [0.29, 0.717) is 26.4 Å². The van der Waals surface area contributed by atoms with Gasteiger partial charge in [0.2, 0.25) is 0 Å². The maximum Gasteiger partial charge on any atom is 0.322 e. The second-order valence-corrected chi connectivity index (χ2v) is 8.65. The molecule has 2 atom stereocenters. The van der Waals surface area contributed by atoms with Gasteiger partial charge in [0.25, 0.3) is 0 Å². The molecule has 2 saturated heterocycles. The Bertz CT molecular complexity index is 381. The number of ether oxygens (including phenoxy) is 2. The molecule has 0 amide bonds. The standard InChI is InChI=1S/C20H41N2O5P/c1-3-5-7-9-19(21-11-15-24-16-12-21)26-28(23)27-20(10-8-6-4-2)22-13-17-25-18-14-22/h19-20,28H,3-18H2,1-2H3. The van der Waals surface area contributed by atoms with Crippen LogP contribution in [0.25, 0.3) is 0 Å². The fraction of sp³-hybridized carbons (Fsp3) is 1.00. The lowest BCUT2D eigenvalue weighted by Gasteiger charge is -2.36. The Balaban J connectivity index is 1.89. The minimum absolute atomic E-state index is 0.136. The number of unbranched alkanes of at least 4 members (excludes halogenated alkanes) is 4. The van der Waals surface area contributed by atoms with E-state index in [0.717, 1.165) is 64.7 Å². The van der Waals surface area contributed by atoms with Crippen LogP contribution in [0, 0.1) is 0 Å². The number of morpholine rings is 2. The van der Waals surface area contributed by atoms with Crippen molar-refractivity contribution in [1.29, 1.82) is 0 Å². The largest absolute Gasteiger partial charge is 0.379 e. The van der Waals surface area contributed by atoms with Gasteiger partial charge in [-0.25, -0.2) is 0 Å². The molecule has 2 rings (SSSR count). The summed E-state index contributed by atoms with van der Waals surface area (Å²) in [6, 6.07) is 0. The van der Waals surface area contributed by atoms with E-state index in [-0.39, 0.29) is 12.5 Å². The van der Waals surface area contributed by atoms with Gasteiger partial charge >= 0.3 is 8.25 Å². The Kier molecular flexibility index (Phi) is 12.9. The molecular formula is C20H41N2O5P. The highest BCUT2D eigenvalue weighted by atomic mass is 31.1. The Labute approximate surface area is 172 Å². The lowest BCUT2D eigenvalue weighted by atomic mass is 10.2. The van der Waals surface area contributed by atoms with E-state index in [4.69, 9.17) is 18.5 Å². The molecular weight excluding hydrogens is 379 g/mol. The summed E-state index contributed by atoms with van der Waals surface area (Å²) >= 11 is 0. The first-order valence-corrected chi connectivity index (χ1v) is 12.5. The second-order valence-electron chi connectivity index (χ2n) is 7.68. The SMILES string of the molecule is CCCCCC(O[PH](=O)OC(CCCCC)N1CCOCC1)N1CCOCC1. The molecule has 2 heterocycles. The summed E-state index contributed by atoms with van der Waals surface area (Å²) in [4.78, 5) is 4.51. The first-order valence-electron chi connectivity index (χ1n) is 11.3. The average molecular weight is 421 g/mol. The first kappa shape index (κ1) is 24.3. The number of hydrogen-bond acceptors (Lipinski definition) is 7. The topological polar surface area (TPSA) is 60.5 Å². The molecule has 0 aromatic carbocycles. The van der Waals surface area contributed by atoms with Crippen LogP contribution in [0.15, 0.2) is 0 Å². The molecule has 7 nitrogen and oxygen atoms in total. The van der Waals surface area contributed by atoms with E-state index < -0.39 is 8.25 Å². The highest BCUT2D eigenvalue weighted by Crippen LogP contribution is 2.33. The lowest BCUT2D eigenvalue weighted by molar-refractivity contribution is -0.0736. The van der Waals surface area contributed by atoms with Crippen molar-refractivity contribution in [2.75, 3.05) is 52.6 Å². The van der Waals surface area contributed by atoms with E-state index >= 15 is 0 Å². The quantitative estimate of drug-likeness (QED) is 0.312. The first-order chi connectivity index (χ1) is 13.7. The van der Waals surface area contributed by atoms with Gasteiger partial charge < -0.3 is 9.47 Å². The van der Waals surface area contributed by atoms with Crippen molar-refractivity contribution >= 4 is 8.25 Å². The average Bonchev–Trinajstić information content (AvgIpc) is 2.74. The monoisotopic (exact) mass is 420 g/mol. The van der Waals surface area contributed by atoms with Crippen LogP contribution in [0.1, 0.15) is 65.2 Å². The summed E-state index contributed by atoms with van der Waals surface area (Å²) in [7, 11) is -2.57. The van der Waals surface area contributed by atoms with Gasteiger partial charge in [-0.1, -0.05) is 39.5 Å². The maximum absolute atomic E-state index is 12.8. The van der Waals surface area contributed by atoms with Crippen molar-refractivity contribution < 1.29 is 23.1 Å².